The van der Waals surface area contributed by atoms with Gasteiger partial charge in [-0.2, -0.15) is 0 Å². The Balaban J connectivity index is 2.61. The Bertz CT molecular complexity index is 405. The van der Waals surface area contributed by atoms with Crippen molar-refractivity contribution in [3.63, 3.8) is 0 Å². The van der Waals surface area contributed by atoms with Crippen molar-refractivity contribution < 1.29 is 13.9 Å². The van der Waals surface area contributed by atoms with Crippen molar-refractivity contribution >= 4 is 5.91 Å². The van der Waals surface area contributed by atoms with E-state index in [0.717, 1.165) is 5.56 Å². The fourth-order valence-electron chi connectivity index (χ4n) is 1.74. The third-order valence-corrected chi connectivity index (χ3v) is 2.75. The highest BCUT2D eigenvalue weighted by atomic mass is 19.1. The average Bonchev–Trinajstić information content (AvgIpc) is 2.28. The molecule has 0 fully saturated rings. The molecule has 3 nitrogen and oxygen atoms in total. The van der Waals surface area contributed by atoms with Crippen LogP contribution in [0.2, 0.25) is 0 Å². The summed E-state index contributed by atoms with van der Waals surface area (Å²) < 4.78 is 18.0. The molecular formula is C14H20FNO2. The lowest BCUT2D eigenvalue weighted by molar-refractivity contribution is -0.123. The van der Waals surface area contributed by atoms with Gasteiger partial charge < -0.3 is 10.1 Å². The summed E-state index contributed by atoms with van der Waals surface area (Å²) in [5.41, 5.74) is 0.175. The van der Waals surface area contributed by atoms with Crippen LogP contribution in [0.25, 0.3) is 0 Å². The van der Waals surface area contributed by atoms with Crippen LogP contribution in [0, 0.1) is 5.82 Å². The van der Waals surface area contributed by atoms with Gasteiger partial charge in [-0.05, 0) is 38.0 Å². The number of ether oxygens (including phenoxy) is 1. The van der Waals surface area contributed by atoms with Gasteiger partial charge in [0.1, 0.15) is 5.82 Å². The van der Waals surface area contributed by atoms with Gasteiger partial charge in [0.25, 0.3) is 0 Å². The maximum absolute atomic E-state index is 13.2. The molecule has 0 saturated carbocycles. The molecule has 0 unspecified atom stereocenters. The second kappa shape index (κ2) is 6.50. The number of rotatable bonds is 6. The first kappa shape index (κ1) is 14.6. The Labute approximate surface area is 107 Å². The van der Waals surface area contributed by atoms with Crippen LogP contribution < -0.4 is 5.32 Å². The number of methoxy groups -OCH3 is 1. The van der Waals surface area contributed by atoms with Crippen molar-refractivity contribution in [1.29, 1.82) is 0 Å². The first-order valence-electron chi connectivity index (χ1n) is 6.01. The molecule has 0 aliphatic carbocycles. The molecule has 0 aromatic heterocycles. The molecule has 0 bridgehead atoms. The zero-order valence-electron chi connectivity index (χ0n) is 11.1. The minimum atomic E-state index is -0.577. The lowest BCUT2D eigenvalue weighted by Gasteiger charge is -2.27. The average molecular weight is 253 g/mol. The molecule has 4 heteroatoms. The van der Waals surface area contributed by atoms with E-state index in [4.69, 9.17) is 4.74 Å². The highest BCUT2D eigenvalue weighted by molar-refractivity contribution is 5.76. The van der Waals surface area contributed by atoms with E-state index in [9.17, 15) is 9.18 Å². The van der Waals surface area contributed by atoms with Gasteiger partial charge in [-0.3, -0.25) is 4.79 Å². The smallest absolute Gasteiger partial charge is 0.220 e. The van der Waals surface area contributed by atoms with Crippen LogP contribution in [0.3, 0.4) is 0 Å². The number of nitrogens with one attached hydrogen (secondary N) is 1. The van der Waals surface area contributed by atoms with E-state index in [-0.39, 0.29) is 11.7 Å². The van der Waals surface area contributed by atoms with Gasteiger partial charge in [-0.15, -0.1) is 0 Å². The topological polar surface area (TPSA) is 38.3 Å². The molecular weight excluding hydrogens is 233 g/mol. The van der Waals surface area contributed by atoms with E-state index in [1.165, 1.54) is 12.1 Å². The quantitative estimate of drug-likeness (QED) is 0.791. The lowest BCUT2D eigenvalue weighted by Crippen LogP contribution is -2.41. The highest BCUT2D eigenvalue weighted by Crippen LogP contribution is 2.20. The number of carbonyl (C=O) groups is 1. The molecule has 0 spiro atoms. The second-order valence-corrected chi connectivity index (χ2v) is 4.78. The summed E-state index contributed by atoms with van der Waals surface area (Å²) in [4.78, 5) is 11.7. The summed E-state index contributed by atoms with van der Waals surface area (Å²) >= 11 is 0. The third kappa shape index (κ3) is 4.45. The molecule has 0 aliphatic rings. The Morgan fingerprint density at radius 3 is 2.78 bits per heavy atom. The first-order valence-corrected chi connectivity index (χ1v) is 6.01. The SMILES string of the molecule is COCCCC(=O)NC(C)(C)c1cccc(F)c1. The van der Waals surface area contributed by atoms with Crippen LogP contribution in [0.15, 0.2) is 24.3 Å². The summed E-state index contributed by atoms with van der Waals surface area (Å²) in [7, 11) is 1.61. The van der Waals surface area contributed by atoms with Crippen LogP contribution in [0.1, 0.15) is 32.3 Å². The normalized spacial score (nSPS) is 11.3. The van der Waals surface area contributed by atoms with Crippen LogP contribution in [-0.4, -0.2) is 19.6 Å². The predicted octanol–water partition coefficient (Wildman–Crippen LogP) is 2.60. The van der Waals surface area contributed by atoms with Crippen molar-refractivity contribution in [3.8, 4) is 0 Å². The Hall–Kier alpha value is -1.42. The number of hydrogen-bond acceptors (Lipinski definition) is 2. The Kier molecular flexibility index (Phi) is 5.28. The van der Waals surface area contributed by atoms with Gasteiger partial charge in [-0.1, -0.05) is 12.1 Å². The van der Waals surface area contributed by atoms with E-state index >= 15 is 0 Å². The summed E-state index contributed by atoms with van der Waals surface area (Å²) in [6, 6.07) is 6.28. The number of hydrogen-bond donors (Lipinski definition) is 1. The first-order chi connectivity index (χ1) is 8.45. The second-order valence-electron chi connectivity index (χ2n) is 4.78. The number of benzene rings is 1. The zero-order chi connectivity index (χ0) is 13.6. The Morgan fingerprint density at radius 1 is 1.44 bits per heavy atom. The third-order valence-electron chi connectivity index (χ3n) is 2.75. The molecule has 0 atom stereocenters. The van der Waals surface area contributed by atoms with Crippen LogP contribution in [0.4, 0.5) is 4.39 Å². The van der Waals surface area contributed by atoms with Gasteiger partial charge in [0.05, 0.1) is 5.54 Å². The minimum absolute atomic E-state index is 0.0543. The van der Waals surface area contributed by atoms with Crippen LogP contribution >= 0.6 is 0 Å². The molecule has 0 aliphatic heterocycles. The zero-order valence-corrected chi connectivity index (χ0v) is 11.1. The van der Waals surface area contributed by atoms with Crippen molar-refractivity contribution in [1.82, 2.24) is 5.32 Å². The van der Waals surface area contributed by atoms with Gasteiger partial charge in [0.15, 0.2) is 0 Å². The van der Waals surface area contributed by atoms with E-state index in [2.05, 4.69) is 5.32 Å². The largest absolute Gasteiger partial charge is 0.385 e. The molecule has 18 heavy (non-hydrogen) atoms. The monoisotopic (exact) mass is 253 g/mol. The van der Waals surface area contributed by atoms with Crippen molar-refractivity contribution in [2.45, 2.75) is 32.2 Å². The van der Waals surface area contributed by atoms with E-state index in [0.29, 0.717) is 19.4 Å². The summed E-state index contributed by atoms with van der Waals surface area (Å²) in [6.45, 7) is 4.28. The fraction of sp³-hybridized carbons (Fsp3) is 0.500. The molecule has 1 rings (SSSR count). The van der Waals surface area contributed by atoms with Crippen molar-refractivity contribution in [2.75, 3.05) is 13.7 Å². The molecule has 0 saturated heterocycles. The summed E-state index contributed by atoms with van der Waals surface area (Å²) in [5.74, 6) is -0.351. The van der Waals surface area contributed by atoms with Crippen molar-refractivity contribution in [2.24, 2.45) is 0 Å². The molecule has 0 heterocycles. The standard InChI is InChI=1S/C14H20FNO2/c1-14(2,11-6-4-7-12(15)10-11)16-13(17)8-5-9-18-3/h4,6-7,10H,5,8-9H2,1-3H3,(H,16,17). The van der Waals surface area contributed by atoms with Crippen LogP contribution in [0.5, 0.6) is 0 Å². The molecule has 1 amide bonds. The van der Waals surface area contributed by atoms with E-state index in [1.807, 2.05) is 13.8 Å². The van der Waals surface area contributed by atoms with Gasteiger partial charge >= 0.3 is 0 Å². The van der Waals surface area contributed by atoms with E-state index in [1.54, 1.807) is 19.2 Å². The summed E-state index contributed by atoms with van der Waals surface area (Å²) in [5, 5.41) is 2.90. The maximum atomic E-state index is 13.2. The van der Waals surface area contributed by atoms with Gasteiger partial charge in [-0.25, -0.2) is 4.39 Å². The van der Waals surface area contributed by atoms with E-state index < -0.39 is 5.54 Å². The molecule has 1 N–H and O–H groups in total. The number of carbonyl (C=O) groups excluding carboxylic acids is 1. The van der Waals surface area contributed by atoms with Crippen LogP contribution in [-0.2, 0) is 15.1 Å². The summed E-state index contributed by atoms with van der Waals surface area (Å²) in [6.07, 6.45) is 1.09. The molecule has 0 radical (unpaired) electrons. The van der Waals surface area contributed by atoms with Gasteiger partial charge in [0, 0.05) is 20.1 Å². The minimum Gasteiger partial charge on any atom is -0.385 e. The predicted molar refractivity (Wildman–Crippen MR) is 68.7 cm³/mol. The lowest BCUT2D eigenvalue weighted by atomic mass is 9.94. The molecule has 1 aromatic rings. The maximum Gasteiger partial charge on any atom is 0.220 e. The highest BCUT2D eigenvalue weighted by Gasteiger charge is 2.22. The van der Waals surface area contributed by atoms with Gasteiger partial charge in [0.2, 0.25) is 5.91 Å². The number of amides is 1. The Morgan fingerprint density at radius 2 is 2.17 bits per heavy atom. The number of halogens is 1. The van der Waals surface area contributed by atoms with Crippen molar-refractivity contribution in [3.05, 3.63) is 35.6 Å². The fourth-order valence-corrected chi connectivity index (χ4v) is 1.74. The molecule has 100 valence electrons. The molecule has 1 aromatic carbocycles.